The van der Waals surface area contributed by atoms with Gasteiger partial charge in [-0.1, -0.05) is 12.1 Å². The minimum atomic E-state index is -3.40. The maximum absolute atomic E-state index is 12.8. The standard InChI is InChI=1S/C17H26N3O3S/c21-24(22,19-7-12-23-13-8-19)17-3-1-2-16(14-17)15-20-9-4-18(5-10-20)6-11-20/h1-3,14H,4-13,15H2/q+1. The average Bonchev–Trinajstić information content (AvgIpc) is 2.64. The van der Waals surface area contributed by atoms with E-state index in [1.54, 1.807) is 10.4 Å². The first-order valence-corrected chi connectivity index (χ1v) is 10.3. The van der Waals surface area contributed by atoms with Gasteiger partial charge in [0.15, 0.2) is 0 Å². The number of ether oxygens (including phenoxy) is 1. The number of nitrogens with zero attached hydrogens (tertiary/aromatic N) is 3. The Morgan fingerprint density at radius 3 is 2.33 bits per heavy atom. The molecule has 5 rings (SSSR count). The highest BCUT2D eigenvalue weighted by atomic mass is 32.2. The molecule has 7 heteroatoms. The molecule has 4 aliphatic heterocycles. The van der Waals surface area contributed by atoms with Gasteiger partial charge in [0.1, 0.15) is 6.54 Å². The zero-order valence-corrected chi connectivity index (χ0v) is 14.9. The van der Waals surface area contributed by atoms with Crippen LogP contribution in [-0.4, -0.2) is 87.7 Å². The number of sulfonamides is 1. The Kier molecular flexibility index (Phi) is 4.38. The van der Waals surface area contributed by atoms with Crippen LogP contribution in [0.1, 0.15) is 5.56 Å². The van der Waals surface area contributed by atoms with Crippen LogP contribution in [0.15, 0.2) is 29.2 Å². The first kappa shape index (κ1) is 16.5. The number of piperazine rings is 3. The summed E-state index contributed by atoms with van der Waals surface area (Å²) in [6, 6.07) is 7.58. The highest BCUT2D eigenvalue weighted by Gasteiger charge is 2.38. The van der Waals surface area contributed by atoms with E-state index in [9.17, 15) is 8.42 Å². The van der Waals surface area contributed by atoms with Crippen LogP contribution in [-0.2, 0) is 21.3 Å². The van der Waals surface area contributed by atoms with Crippen molar-refractivity contribution in [3.05, 3.63) is 29.8 Å². The molecule has 24 heavy (non-hydrogen) atoms. The van der Waals surface area contributed by atoms with E-state index in [-0.39, 0.29) is 0 Å². The Bertz CT molecular complexity index is 679. The molecule has 0 saturated carbocycles. The van der Waals surface area contributed by atoms with Crippen molar-refractivity contribution in [2.24, 2.45) is 0 Å². The van der Waals surface area contributed by atoms with Gasteiger partial charge < -0.3 is 9.22 Å². The lowest BCUT2D eigenvalue weighted by molar-refractivity contribution is -0.953. The summed E-state index contributed by atoms with van der Waals surface area (Å²) in [5.74, 6) is 0. The molecular formula is C17H26N3O3S+. The first-order valence-electron chi connectivity index (χ1n) is 8.82. The summed E-state index contributed by atoms with van der Waals surface area (Å²) in [5, 5.41) is 0. The molecule has 4 saturated heterocycles. The number of morpholine rings is 1. The Labute approximate surface area is 144 Å². The van der Waals surface area contributed by atoms with Gasteiger partial charge in [0.05, 0.1) is 37.7 Å². The number of hydrogen-bond donors (Lipinski definition) is 0. The summed E-state index contributed by atoms with van der Waals surface area (Å²) in [5.41, 5.74) is 1.14. The van der Waals surface area contributed by atoms with Crippen LogP contribution in [0.25, 0.3) is 0 Å². The molecule has 0 amide bonds. The van der Waals surface area contributed by atoms with Crippen molar-refractivity contribution in [2.45, 2.75) is 11.4 Å². The monoisotopic (exact) mass is 352 g/mol. The molecule has 1 aromatic rings. The summed E-state index contributed by atoms with van der Waals surface area (Å²) >= 11 is 0. The smallest absolute Gasteiger partial charge is 0.243 e. The van der Waals surface area contributed by atoms with E-state index in [2.05, 4.69) is 11.0 Å². The molecule has 0 atom stereocenters. The zero-order chi connectivity index (χ0) is 16.6. The molecule has 2 bridgehead atoms. The summed E-state index contributed by atoms with van der Waals surface area (Å²) in [7, 11) is -3.40. The number of benzene rings is 1. The maximum Gasteiger partial charge on any atom is 0.243 e. The van der Waals surface area contributed by atoms with Crippen molar-refractivity contribution < 1.29 is 17.6 Å². The molecule has 4 aliphatic rings. The predicted molar refractivity (Wildman–Crippen MR) is 91.0 cm³/mol. The van der Waals surface area contributed by atoms with Gasteiger partial charge in [-0.3, -0.25) is 4.90 Å². The fourth-order valence-corrected chi connectivity index (χ4v) is 5.58. The van der Waals surface area contributed by atoms with Crippen LogP contribution in [0.4, 0.5) is 0 Å². The SMILES string of the molecule is O=S(=O)(c1cccc(C[N+]23CCN(CC2)CC3)c1)N1CCOCC1. The van der Waals surface area contributed by atoms with Gasteiger partial charge in [-0.05, 0) is 12.1 Å². The molecule has 4 fully saturated rings. The van der Waals surface area contributed by atoms with E-state index in [0.29, 0.717) is 31.2 Å². The third-order valence-corrected chi connectivity index (χ3v) is 7.59. The minimum Gasteiger partial charge on any atom is -0.379 e. The van der Waals surface area contributed by atoms with Crippen LogP contribution in [0, 0.1) is 0 Å². The van der Waals surface area contributed by atoms with E-state index < -0.39 is 10.0 Å². The van der Waals surface area contributed by atoms with Gasteiger partial charge in [-0.25, -0.2) is 8.42 Å². The van der Waals surface area contributed by atoms with Gasteiger partial charge in [0.2, 0.25) is 10.0 Å². The first-order chi connectivity index (χ1) is 11.6. The molecule has 0 spiro atoms. The fraction of sp³-hybridized carbons (Fsp3) is 0.647. The quantitative estimate of drug-likeness (QED) is 0.734. The zero-order valence-electron chi connectivity index (χ0n) is 14.1. The molecule has 0 aromatic heterocycles. The van der Waals surface area contributed by atoms with E-state index >= 15 is 0 Å². The summed E-state index contributed by atoms with van der Waals surface area (Å²) in [6.45, 7) is 9.86. The number of quaternary nitrogens is 1. The highest BCUT2D eigenvalue weighted by molar-refractivity contribution is 7.89. The number of rotatable bonds is 4. The molecule has 0 radical (unpaired) electrons. The molecule has 0 N–H and O–H groups in total. The molecular weight excluding hydrogens is 326 g/mol. The lowest BCUT2D eigenvalue weighted by Crippen LogP contribution is -2.66. The molecule has 0 unspecified atom stereocenters. The summed E-state index contributed by atoms with van der Waals surface area (Å²) in [6.07, 6.45) is 0. The van der Waals surface area contributed by atoms with Gasteiger partial charge in [0.25, 0.3) is 0 Å². The fourth-order valence-electron chi connectivity index (χ4n) is 4.10. The van der Waals surface area contributed by atoms with E-state index in [0.717, 1.165) is 16.6 Å². The second-order valence-electron chi connectivity index (χ2n) is 7.18. The van der Waals surface area contributed by atoms with Crippen molar-refractivity contribution in [2.75, 3.05) is 65.6 Å². The Balaban J connectivity index is 1.55. The van der Waals surface area contributed by atoms with Crippen LogP contribution >= 0.6 is 0 Å². The number of hydrogen-bond acceptors (Lipinski definition) is 4. The molecule has 1 aromatic carbocycles. The van der Waals surface area contributed by atoms with Gasteiger partial charge in [0, 0.05) is 38.3 Å². The average molecular weight is 352 g/mol. The van der Waals surface area contributed by atoms with Crippen LogP contribution in [0.5, 0.6) is 0 Å². The van der Waals surface area contributed by atoms with Gasteiger partial charge in [-0.15, -0.1) is 0 Å². The van der Waals surface area contributed by atoms with Crippen molar-refractivity contribution in [3.63, 3.8) is 0 Å². The number of fused-ring (bicyclic) bond motifs is 3. The summed E-state index contributed by atoms with van der Waals surface area (Å²) in [4.78, 5) is 2.95. The van der Waals surface area contributed by atoms with Crippen LogP contribution in [0.3, 0.4) is 0 Å². The van der Waals surface area contributed by atoms with E-state index in [1.807, 2.05) is 12.1 Å². The third kappa shape index (κ3) is 3.11. The largest absolute Gasteiger partial charge is 0.379 e. The molecule has 4 heterocycles. The predicted octanol–water partition coefficient (Wildman–Crippen LogP) is 0.354. The van der Waals surface area contributed by atoms with Crippen molar-refractivity contribution in [1.82, 2.24) is 9.21 Å². The topological polar surface area (TPSA) is 49.9 Å². The van der Waals surface area contributed by atoms with Crippen molar-refractivity contribution in [3.8, 4) is 0 Å². The van der Waals surface area contributed by atoms with Crippen molar-refractivity contribution >= 4 is 10.0 Å². The van der Waals surface area contributed by atoms with Crippen LogP contribution in [0.2, 0.25) is 0 Å². The second kappa shape index (κ2) is 6.38. The maximum atomic E-state index is 12.8. The van der Waals surface area contributed by atoms with Gasteiger partial charge >= 0.3 is 0 Å². The highest BCUT2D eigenvalue weighted by Crippen LogP contribution is 2.25. The Morgan fingerprint density at radius 2 is 1.67 bits per heavy atom. The lowest BCUT2D eigenvalue weighted by Gasteiger charge is -2.50. The molecule has 6 nitrogen and oxygen atoms in total. The molecule has 132 valence electrons. The second-order valence-corrected chi connectivity index (χ2v) is 9.11. The van der Waals surface area contributed by atoms with E-state index in [1.165, 1.54) is 39.3 Å². The normalized spacial score (nSPS) is 31.2. The van der Waals surface area contributed by atoms with Gasteiger partial charge in [-0.2, -0.15) is 4.31 Å². The minimum absolute atomic E-state index is 0.427. The lowest BCUT2D eigenvalue weighted by atomic mass is 10.1. The summed E-state index contributed by atoms with van der Waals surface area (Å²) < 4.78 is 33.6. The van der Waals surface area contributed by atoms with Crippen molar-refractivity contribution in [1.29, 1.82) is 0 Å². The van der Waals surface area contributed by atoms with Crippen LogP contribution < -0.4 is 0 Å². The third-order valence-electron chi connectivity index (χ3n) is 5.70. The Hall–Kier alpha value is -0.990. The Morgan fingerprint density at radius 1 is 1.00 bits per heavy atom. The molecule has 0 aliphatic carbocycles. The van der Waals surface area contributed by atoms with E-state index in [4.69, 9.17) is 4.74 Å².